The van der Waals surface area contributed by atoms with Crippen molar-refractivity contribution in [1.29, 1.82) is 0 Å². The Balaban J connectivity index is 3.38. The van der Waals surface area contributed by atoms with Crippen molar-refractivity contribution in [1.82, 2.24) is 0 Å². The lowest BCUT2D eigenvalue weighted by atomic mass is 10.1. The molecule has 0 aliphatic heterocycles. The number of carbonyl (C=O) groups excluding carboxylic acids is 1. The Bertz CT molecular complexity index is 541. The van der Waals surface area contributed by atoms with Crippen LogP contribution in [0, 0.1) is 0 Å². The van der Waals surface area contributed by atoms with Crippen LogP contribution in [0.15, 0.2) is 23.1 Å². The third kappa shape index (κ3) is 3.27. The highest BCUT2D eigenvalue weighted by Gasteiger charge is 2.19. The normalized spacial score (nSPS) is 13.2. The number of primary sulfonamides is 1. The van der Waals surface area contributed by atoms with Crippen LogP contribution in [0.4, 0.5) is 0 Å². The van der Waals surface area contributed by atoms with Crippen LogP contribution in [-0.4, -0.2) is 21.3 Å². The first-order valence-electron chi connectivity index (χ1n) is 4.62. The highest BCUT2D eigenvalue weighted by Crippen LogP contribution is 2.30. The highest BCUT2D eigenvalue weighted by molar-refractivity contribution is 9.09. The fraction of sp³-hybridized carbons (Fsp3) is 0.300. The van der Waals surface area contributed by atoms with Crippen LogP contribution in [0.3, 0.4) is 0 Å². The van der Waals surface area contributed by atoms with E-state index in [0.29, 0.717) is 5.56 Å². The van der Waals surface area contributed by atoms with Crippen LogP contribution in [0.25, 0.3) is 0 Å². The average molecular weight is 322 g/mol. The van der Waals surface area contributed by atoms with E-state index >= 15 is 0 Å². The van der Waals surface area contributed by atoms with Crippen LogP contribution in [0.2, 0.25) is 0 Å². The van der Waals surface area contributed by atoms with Crippen molar-refractivity contribution in [2.75, 3.05) is 7.11 Å². The van der Waals surface area contributed by atoms with Crippen molar-refractivity contribution >= 4 is 31.7 Å². The third-order valence-corrected chi connectivity index (χ3v) is 4.25. The summed E-state index contributed by atoms with van der Waals surface area (Å²) in [4.78, 5) is 10.5. The van der Waals surface area contributed by atoms with Gasteiger partial charge >= 0.3 is 0 Å². The van der Waals surface area contributed by atoms with Crippen molar-refractivity contribution in [3.05, 3.63) is 23.8 Å². The number of halogens is 1. The number of carbonyl (C=O) groups is 1. The molecule has 17 heavy (non-hydrogen) atoms. The fourth-order valence-electron chi connectivity index (χ4n) is 1.31. The molecule has 0 saturated heterocycles. The molecule has 0 aliphatic rings. The zero-order chi connectivity index (χ0) is 13.2. The van der Waals surface area contributed by atoms with Crippen molar-refractivity contribution < 1.29 is 17.9 Å². The Labute approximate surface area is 108 Å². The van der Waals surface area contributed by atoms with E-state index < -0.39 is 14.9 Å². The van der Waals surface area contributed by atoms with Gasteiger partial charge in [-0.15, -0.1) is 0 Å². The molecule has 1 atom stereocenters. The van der Waals surface area contributed by atoms with Gasteiger partial charge in [-0.25, -0.2) is 13.6 Å². The third-order valence-electron chi connectivity index (χ3n) is 2.14. The lowest BCUT2D eigenvalue weighted by molar-refractivity contribution is -0.116. The molecule has 0 amide bonds. The van der Waals surface area contributed by atoms with E-state index in [1.807, 2.05) is 0 Å². The first-order chi connectivity index (χ1) is 7.77. The van der Waals surface area contributed by atoms with E-state index in [2.05, 4.69) is 15.9 Å². The minimum absolute atomic E-state index is 0.129. The Hall–Kier alpha value is -0.920. The standard InChI is InChI=1S/C10H12BrNO4S/c1-6(13)10(11)7-3-4-8(16-2)9(5-7)17(12,14)15/h3-5,10H,1-2H3,(H2,12,14,15). The molecule has 1 rings (SSSR count). The summed E-state index contributed by atoms with van der Waals surface area (Å²) in [7, 11) is -2.54. The molecule has 0 aromatic heterocycles. The van der Waals surface area contributed by atoms with Gasteiger partial charge in [-0.1, -0.05) is 22.0 Å². The Morgan fingerprint density at radius 3 is 2.47 bits per heavy atom. The van der Waals surface area contributed by atoms with Gasteiger partial charge in [0, 0.05) is 0 Å². The van der Waals surface area contributed by atoms with Gasteiger partial charge in [0.1, 0.15) is 16.4 Å². The number of ether oxygens (including phenoxy) is 1. The zero-order valence-electron chi connectivity index (χ0n) is 9.31. The summed E-state index contributed by atoms with van der Waals surface area (Å²) < 4.78 is 27.6. The van der Waals surface area contributed by atoms with Gasteiger partial charge in [-0.3, -0.25) is 4.79 Å². The number of ketones is 1. The Morgan fingerprint density at radius 1 is 1.47 bits per heavy atom. The van der Waals surface area contributed by atoms with Gasteiger partial charge in [0.2, 0.25) is 10.0 Å². The van der Waals surface area contributed by atoms with Gasteiger partial charge in [0.05, 0.1) is 11.9 Å². The zero-order valence-corrected chi connectivity index (χ0v) is 11.7. The number of methoxy groups -OCH3 is 1. The lowest BCUT2D eigenvalue weighted by Gasteiger charge is -2.11. The maximum absolute atomic E-state index is 11.4. The van der Waals surface area contributed by atoms with Crippen molar-refractivity contribution in [3.63, 3.8) is 0 Å². The number of rotatable bonds is 4. The molecule has 1 unspecified atom stereocenters. The second-order valence-corrected chi connectivity index (χ2v) is 5.87. The molecule has 94 valence electrons. The van der Waals surface area contributed by atoms with Crippen molar-refractivity contribution in [2.24, 2.45) is 5.14 Å². The van der Waals surface area contributed by atoms with E-state index in [1.54, 1.807) is 6.07 Å². The SMILES string of the molecule is COc1ccc(C(Br)C(C)=O)cc1S(N)(=O)=O. The number of nitrogens with two attached hydrogens (primary N) is 1. The number of Topliss-reactive ketones (excluding diaryl/α,β-unsaturated/α-hetero) is 1. The number of alkyl halides is 1. The van der Waals surface area contributed by atoms with Gasteiger partial charge in [0.15, 0.2) is 0 Å². The van der Waals surface area contributed by atoms with Crippen LogP contribution in [-0.2, 0) is 14.8 Å². The van der Waals surface area contributed by atoms with Crippen LogP contribution in [0.5, 0.6) is 5.75 Å². The van der Waals surface area contributed by atoms with Gasteiger partial charge in [-0.05, 0) is 24.6 Å². The van der Waals surface area contributed by atoms with Crippen molar-refractivity contribution in [3.8, 4) is 5.75 Å². The number of benzene rings is 1. The Kier molecular flexibility index (Phi) is 4.29. The van der Waals surface area contributed by atoms with Crippen LogP contribution < -0.4 is 9.88 Å². The minimum Gasteiger partial charge on any atom is -0.495 e. The predicted molar refractivity (Wildman–Crippen MR) is 66.7 cm³/mol. The smallest absolute Gasteiger partial charge is 0.241 e. The maximum atomic E-state index is 11.4. The highest BCUT2D eigenvalue weighted by atomic mass is 79.9. The monoisotopic (exact) mass is 321 g/mol. The quantitative estimate of drug-likeness (QED) is 0.848. The minimum atomic E-state index is -3.88. The molecule has 1 aromatic carbocycles. The summed E-state index contributed by atoms with van der Waals surface area (Å²) in [5.41, 5.74) is 0.516. The molecule has 0 aliphatic carbocycles. The lowest BCUT2D eigenvalue weighted by Crippen LogP contribution is -2.14. The van der Waals surface area contributed by atoms with Gasteiger partial charge in [-0.2, -0.15) is 0 Å². The van der Waals surface area contributed by atoms with Crippen LogP contribution >= 0.6 is 15.9 Å². The number of hydrogen-bond acceptors (Lipinski definition) is 4. The van der Waals surface area contributed by atoms with E-state index in [1.165, 1.54) is 26.2 Å². The molecule has 1 aromatic rings. The fourth-order valence-corrected chi connectivity index (χ4v) is 2.32. The number of hydrogen-bond donors (Lipinski definition) is 1. The molecule has 0 spiro atoms. The summed E-state index contributed by atoms with van der Waals surface area (Å²) in [5.74, 6) is 0.0232. The summed E-state index contributed by atoms with van der Waals surface area (Å²) in [5, 5.41) is 5.07. The molecule has 0 fully saturated rings. The van der Waals surface area contributed by atoms with Crippen molar-refractivity contribution in [2.45, 2.75) is 16.6 Å². The summed E-state index contributed by atoms with van der Waals surface area (Å²) >= 11 is 3.17. The maximum Gasteiger partial charge on any atom is 0.241 e. The largest absolute Gasteiger partial charge is 0.495 e. The first-order valence-corrected chi connectivity index (χ1v) is 7.09. The molecule has 7 heteroatoms. The molecular weight excluding hydrogens is 310 g/mol. The second-order valence-electron chi connectivity index (χ2n) is 3.43. The predicted octanol–water partition coefficient (Wildman–Crippen LogP) is 1.37. The van der Waals surface area contributed by atoms with E-state index in [9.17, 15) is 13.2 Å². The molecule has 0 radical (unpaired) electrons. The molecule has 2 N–H and O–H groups in total. The molecule has 5 nitrogen and oxygen atoms in total. The molecular formula is C10H12BrNO4S. The first kappa shape index (κ1) is 14.1. The van der Waals surface area contributed by atoms with E-state index in [0.717, 1.165) is 0 Å². The van der Waals surface area contributed by atoms with E-state index in [-0.39, 0.29) is 16.4 Å². The molecule has 0 heterocycles. The van der Waals surface area contributed by atoms with Gasteiger partial charge in [0.25, 0.3) is 0 Å². The summed E-state index contributed by atoms with van der Waals surface area (Å²) in [6.07, 6.45) is 0. The Morgan fingerprint density at radius 2 is 2.06 bits per heavy atom. The summed E-state index contributed by atoms with van der Waals surface area (Å²) in [6, 6.07) is 4.40. The topological polar surface area (TPSA) is 86.5 Å². The second kappa shape index (κ2) is 5.16. The molecule has 0 bridgehead atoms. The van der Waals surface area contributed by atoms with E-state index in [4.69, 9.17) is 9.88 Å². The number of sulfonamides is 1. The van der Waals surface area contributed by atoms with Gasteiger partial charge < -0.3 is 4.74 Å². The van der Waals surface area contributed by atoms with Crippen LogP contribution in [0.1, 0.15) is 17.3 Å². The molecule has 0 saturated carbocycles. The average Bonchev–Trinajstić information content (AvgIpc) is 2.25. The summed E-state index contributed by atoms with van der Waals surface area (Å²) in [6.45, 7) is 1.40.